The Morgan fingerprint density at radius 1 is 0.950 bits per heavy atom. The lowest BCUT2D eigenvalue weighted by molar-refractivity contribution is 0.689. The second-order valence-corrected chi connectivity index (χ2v) is 5.09. The van der Waals surface area contributed by atoms with Crippen molar-refractivity contribution in [2.24, 2.45) is 0 Å². The van der Waals surface area contributed by atoms with Gasteiger partial charge in [0.1, 0.15) is 0 Å². The first-order valence-corrected chi connectivity index (χ1v) is 6.91. The van der Waals surface area contributed by atoms with Crippen LogP contribution in [0.1, 0.15) is 16.7 Å². The number of pyridine rings is 1. The summed E-state index contributed by atoms with van der Waals surface area (Å²) in [6, 6.07) is 17.1. The zero-order valence-electron chi connectivity index (χ0n) is 11.6. The van der Waals surface area contributed by atoms with Crippen LogP contribution < -0.4 is 5.32 Å². The number of aryl methyl sites for hydroxylation is 1. The molecule has 0 unspecified atom stereocenters. The summed E-state index contributed by atoms with van der Waals surface area (Å²) >= 11 is 0. The van der Waals surface area contributed by atoms with Crippen LogP contribution in [0, 0.1) is 6.92 Å². The number of nitrogens with one attached hydrogen (secondary N) is 1. The fourth-order valence-electron chi connectivity index (χ4n) is 2.37. The van der Waals surface area contributed by atoms with Gasteiger partial charge in [-0.05, 0) is 46.5 Å². The first-order chi connectivity index (χ1) is 9.83. The summed E-state index contributed by atoms with van der Waals surface area (Å²) < 4.78 is 0. The van der Waals surface area contributed by atoms with Gasteiger partial charge in [0.25, 0.3) is 0 Å². The van der Waals surface area contributed by atoms with Crippen molar-refractivity contribution < 1.29 is 0 Å². The first kappa shape index (κ1) is 12.8. The molecular formula is C18H18N2. The quantitative estimate of drug-likeness (QED) is 0.773. The Morgan fingerprint density at radius 3 is 2.65 bits per heavy atom. The Balaban J connectivity index is 1.67. The Bertz CT molecular complexity index is 719. The Labute approximate surface area is 119 Å². The number of benzene rings is 2. The van der Waals surface area contributed by atoms with E-state index in [1.807, 2.05) is 18.5 Å². The number of hydrogen-bond donors (Lipinski definition) is 1. The van der Waals surface area contributed by atoms with Crippen LogP contribution in [0.15, 0.2) is 60.9 Å². The number of hydrogen-bond acceptors (Lipinski definition) is 2. The van der Waals surface area contributed by atoms with Crippen LogP contribution in [0.4, 0.5) is 0 Å². The van der Waals surface area contributed by atoms with Gasteiger partial charge in [0, 0.05) is 25.5 Å². The molecule has 0 bridgehead atoms. The molecule has 0 fully saturated rings. The van der Waals surface area contributed by atoms with E-state index < -0.39 is 0 Å². The van der Waals surface area contributed by atoms with Crippen LogP contribution in [0.2, 0.25) is 0 Å². The molecule has 1 heterocycles. The molecular weight excluding hydrogens is 244 g/mol. The molecule has 0 amide bonds. The standard InChI is InChI=1S/C18H18N2/c1-14-8-9-19-12-18(14)13-20-11-15-6-7-16-4-2-3-5-17(16)10-15/h2-10,12,20H,11,13H2,1H3. The molecule has 1 N–H and O–H groups in total. The van der Waals surface area contributed by atoms with Crippen LogP contribution in [-0.2, 0) is 13.1 Å². The fraction of sp³-hybridized carbons (Fsp3) is 0.167. The van der Waals surface area contributed by atoms with E-state index in [1.165, 1.54) is 27.5 Å². The van der Waals surface area contributed by atoms with E-state index in [0.29, 0.717) is 0 Å². The van der Waals surface area contributed by atoms with Gasteiger partial charge in [0.15, 0.2) is 0 Å². The maximum absolute atomic E-state index is 4.17. The topological polar surface area (TPSA) is 24.9 Å². The average Bonchev–Trinajstić information content (AvgIpc) is 2.49. The number of aromatic nitrogens is 1. The monoisotopic (exact) mass is 262 g/mol. The molecule has 0 radical (unpaired) electrons. The molecule has 3 rings (SSSR count). The van der Waals surface area contributed by atoms with Gasteiger partial charge in [-0.25, -0.2) is 0 Å². The molecule has 3 aromatic rings. The highest BCUT2D eigenvalue weighted by Crippen LogP contribution is 2.15. The molecule has 100 valence electrons. The lowest BCUT2D eigenvalue weighted by Gasteiger charge is -2.08. The lowest BCUT2D eigenvalue weighted by atomic mass is 10.1. The van der Waals surface area contributed by atoms with Crippen LogP contribution in [0.3, 0.4) is 0 Å². The van der Waals surface area contributed by atoms with Crippen molar-refractivity contribution in [1.29, 1.82) is 0 Å². The minimum absolute atomic E-state index is 0.854. The maximum Gasteiger partial charge on any atom is 0.0315 e. The normalized spacial score (nSPS) is 10.8. The van der Waals surface area contributed by atoms with Gasteiger partial charge in [-0.3, -0.25) is 4.98 Å². The van der Waals surface area contributed by atoms with Crippen LogP contribution >= 0.6 is 0 Å². The second-order valence-electron chi connectivity index (χ2n) is 5.09. The highest BCUT2D eigenvalue weighted by Gasteiger charge is 1.99. The summed E-state index contributed by atoms with van der Waals surface area (Å²) in [5, 5.41) is 6.07. The van der Waals surface area contributed by atoms with Gasteiger partial charge < -0.3 is 5.32 Å². The van der Waals surface area contributed by atoms with Gasteiger partial charge in [0.05, 0.1) is 0 Å². The summed E-state index contributed by atoms with van der Waals surface area (Å²) in [6.07, 6.45) is 3.77. The number of rotatable bonds is 4. The van der Waals surface area contributed by atoms with Crippen molar-refractivity contribution in [2.45, 2.75) is 20.0 Å². The van der Waals surface area contributed by atoms with E-state index in [1.54, 1.807) is 0 Å². The smallest absolute Gasteiger partial charge is 0.0315 e. The van der Waals surface area contributed by atoms with Gasteiger partial charge in [0.2, 0.25) is 0 Å². The fourth-order valence-corrected chi connectivity index (χ4v) is 2.37. The predicted octanol–water partition coefficient (Wildman–Crippen LogP) is 3.83. The zero-order valence-corrected chi connectivity index (χ0v) is 11.6. The van der Waals surface area contributed by atoms with Crippen molar-refractivity contribution in [3.05, 3.63) is 77.6 Å². The summed E-state index contributed by atoms with van der Waals surface area (Å²) in [4.78, 5) is 4.17. The van der Waals surface area contributed by atoms with E-state index in [9.17, 15) is 0 Å². The summed E-state index contributed by atoms with van der Waals surface area (Å²) in [6.45, 7) is 3.85. The van der Waals surface area contributed by atoms with Crippen molar-refractivity contribution in [3.63, 3.8) is 0 Å². The number of nitrogens with zero attached hydrogens (tertiary/aromatic N) is 1. The Morgan fingerprint density at radius 2 is 1.80 bits per heavy atom. The molecule has 0 atom stereocenters. The molecule has 0 saturated carbocycles. The third kappa shape index (κ3) is 2.86. The SMILES string of the molecule is Cc1ccncc1CNCc1ccc2ccccc2c1. The van der Waals surface area contributed by atoms with Crippen molar-refractivity contribution in [2.75, 3.05) is 0 Å². The van der Waals surface area contributed by atoms with E-state index in [0.717, 1.165) is 13.1 Å². The minimum Gasteiger partial charge on any atom is -0.309 e. The largest absolute Gasteiger partial charge is 0.309 e. The Kier molecular flexibility index (Phi) is 3.75. The van der Waals surface area contributed by atoms with Crippen molar-refractivity contribution in [3.8, 4) is 0 Å². The van der Waals surface area contributed by atoms with Crippen LogP contribution in [-0.4, -0.2) is 4.98 Å². The van der Waals surface area contributed by atoms with E-state index in [4.69, 9.17) is 0 Å². The van der Waals surface area contributed by atoms with Crippen LogP contribution in [0.5, 0.6) is 0 Å². The molecule has 1 aromatic heterocycles. The van der Waals surface area contributed by atoms with Gasteiger partial charge in [-0.15, -0.1) is 0 Å². The van der Waals surface area contributed by atoms with Gasteiger partial charge in [-0.2, -0.15) is 0 Å². The molecule has 2 nitrogen and oxygen atoms in total. The second kappa shape index (κ2) is 5.85. The minimum atomic E-state index is 0.854. The molecule has 0 saturated heterocycles. The third-order valence-electron chi connectivity index (χ3n) is 3.61. The number of fused-ring (bicyclic) bond motifs is 1. The summed E-state index contributed by atoms with van der Waals surface area (Å²) in [7, 11) is 0. The Hall–Kier alpha value is -2.19. The van der Waals surface area contributed by atoms with E-state index >= 15 is 0 Å². The molecule has 2 aromatic carbocycles. The molecule has 20 heavy (non-hydrogen) atoms. The third-order valence-corrected chi connectivity index (χ3v) is 3.61. The van der Waals surface area contributed by atoms with Crippen molar-refractivity contribution >= 4 is 10.8 Å². The molecule has 0 aliphatic rings. The van der Waals surface area contributed by atoms with Crippen LogP contribution in [0.25, 0.3) is 10.8 Å². The highest BCUT2D eigenvalue weighted by molar-refractivity contribution is 5.82. The average molecular weight is 262 g/mol. The first-order valence-electron chi connectivity index (χ1n) is 6.91. The predicted molar refractivity (Wildman–Crippen MR) is 83.5 cm³/mol. The summed E-state index contributed by atoms with van der Waals surface area (Å²) in [5.41, 5.74) is 3.85. The van der Waals surface area contributed by atoms with E-state index in [2.05, 4.69) is 59.7 Å². The summed E-state index contributed by atoms with van der Waals surface area (Å²) in [5.74, 6) is 0. The molecule has 0 aliphatic heterocycles. The molecule has 0 aliphatic carbocycles. The highest BCUT2D eigenvalue weighted by atomic mass is 14.9. The molecule has 0 spiro atoms. The zero-order chi connectivity index (χ0) is 13.8. The van der Waals surface area contributed by atoms with Gasteiger partial charge >= 0.3 is 0 Å². The van der Waals surface area contributed by atoms with Gasteiger partial charge in [-0.1, -0.05) is 36.4 Å². The maximum atomic E-state index is 4.17. The lowest BCUT2D eigenvalue weighted by Crippen LogP contribution is -2.13. The van der Waals surface area contributed by atoms with E-state index in [-0.39, 0.29) is 0 Å². The molecule has 2 heteroatoms. The van der Waals surface area contributed by atoms with Crippen molar-refractivity contribution in [1.82, 2.24) is 10.3 Å².